The third-order valence-corrected chi connectivity index (χ3v) is 5.11. The van der Waals surface area contributed by atoms with Crippen molar-refractivity contribution < 1.29 is 9.53 Å². The number of ether oxygens (including phenoxy) is 1. The van der Waals surface area contributed by atoms with Crippen molar-refractivity contribution in [3.8, 4) is 0 Å². The average molecular weight is 357 g/mol. The average Bonchev–Trinajstić information content (AvgIpc) is 3.13. The first-order valence-electron chi connectivity index (χ1n) is 9.16. The number of carbonyl (C=O) groups is 1. The van der Waals surface area contributed by atoms with Gasteiger partial charge in [0.05, 0.1) is 12.1 Å². The molecule has 2 aromatic rings. The first kappa shape index (κ1) is 18.5. The maximum atomic E-state index is 12.1. The minimum Gasteiger partial charge on any atom is -0.376 e. The Morgan fingerprint density at radius 3 is 2.81 bits per heavy atom. The van der Waals surface area contributed by atoms with E-state index in [1.165, 1.54) is 11.9 Å². The van der Waals surface area contributed by atoms with E-state index >= 15 is 0 Å². The predicted molar refractivity (Wildman–Crippen MR) is 97.4 cm³/mol. The zero-order chi connectivity index (χ0) is 18.5. The molecule has 0 spiro atoms. The highest BCUT2D eigenvalue weighted by Crippen LogP contribution is 2.43. The lowest BCUT2D eigenvalue weighted by Crippen LogP contribution is -2.45. The van der Waals surface area contributed by atoms with Crippen molar-refractivity contribution in [3.05, 3.63) is 42.2 Å². The van der Waals surface area contributed by atoms with Crippen LogP contribution in [0.3, 0.4) is 0 Å². The maximum absolute atomic E-state index is 12.1. The molecule has 1 aromatic heterocycles. The summed E-state index contributed by atoms with van der Waals surface area (Å²) in [6.07, 6.45) is 4.71. The SMILES string of the molecule is CC1(C)CC(CCNC(=O)CCn2cnnn2)(c2ccccc2)CCO1. The Morgan fingerprint density at radius 1 is 1.31 bits per heavy atom. The molecule has 7 nitrogen and oxygen atoms in total. The number of carbonyl (C=O) groups excluding carboxylic acids is 1. The maximum Gasteiger partial charge on any atom is 0.221 e. The van der Waals surface area contributed by atoms with Gasteiger partial charge in [0, 0.05) is 25.0 Å². The number of rotatable bonds is 7. The summed E-state index contributed by atoms with van der Waals surface area (Å²) in [6, 6.07) is 10.6. The van der Waals surface area contributed by atoms with Crippen molar-refractivity contribution in [2.75, 3.05) is 13.2 Å². The molecule has 1 N–H and O–H groups in total. The van der Waals surface area contributed by atoms with Crippen LogP contribution in [0.15, 0.2) is 36.7 Å². The molecule has 1 unspecified atom stereocenters. The van der Waals surface area contributed by atoms with Crippen molar-refractivity contribution in [1.82, 2.24) is 25.5 Å². The van der Waals surface area contributed by atoms with Crippen molar-refractivity contribution in [3.63, 3.8) is 0 Å². The van der Waals surface area contributed by atoms with Crippen LogP contribution in [0.2, 0.25) is 0 Å². The molecule has 140 valence electrons. The molecule has 2 heterocycles. The van der Waals surface area contributed by atoms with Crippen molar-refractivity contribution in [2.24, 2.45) is 0 Å². The number of hydrogen-bond acceptors (Lipinski definition) is 5. The first-order chi connectivity index (χ1) is 12.5. The van der Waals surface area contributed by atoms with Crippen LogP contribution in [0.4, 0.5) is 0 Å². The number of benzene rings is 1. The Morgan fingerprint density at radius 2 is 2.12 bits per heavy atom. The van der Waals surface area contributed by atoms with Gasteiger partial charge in [-0.2, -0.15) is 0 Å². The van der Waals surface area contributed by atoms with E-state index in [0.29, 0.717) is 19.5 Å². The van der Waals surface area contributed by atoms with E-state index in [1.54, 1.807) is 4.68 Å². The van der Waals surface area contributed by atoms with Gasteiger partial charge in [-0.15, -0.1) is 5.10 Å². The lowest BCUT2D eigenvalue weighted by Gasteiger charge is -2.45. The fourth-order valence-corrected chi connectivity index (χ4v) is 3.90. The van der Waals surface area contributed by atoms with Crippen LogP contribution in [0.25, 0.3) is 0 Å². The monoisotopic (exact) mass is 357 g/mol. The molecule has 1 atom stereocenters. The van der Waals surface area contributed by atoms with Crippen molar-refractivity contribution in [2.45, 2.75) is 57.1 Å². The summed E-state index contributed by atoms with van der Waals surface area (Å²) in [4.78, 5) is 12.1. The van der Waals surface area contributed by atoms with Gasteiger partial charge in [-0.3, -0.25) is 4.79 Å². The fourth-order valence-electron chi connectivity index (χ4n) is 3.90. The van der Waals surface area contributed by atoms with Crippen molar-refractivity contribution >= 4 is 5.91 Å². The molecule has 3 rings (SSSR count). The van der Waals surface area contributed by atoms with E-state index in [4.69, 9.17) is 4.74 Å². The van der Waals surface area contributed by atoms with Gasteiger partial charge in [0.1, 0.15) is 6.33 Å². The third-order valence-electron chi connectivity index (χ3n) is 5.11. The van der Waals surface area contributed by atoms with E-state index in [9.17, 15) is 4.79 Å². The van der Waals surface area contributed by atoms with Crippen LogP contribution < -0.4 is 5.32 Å². The number of nitrogens with one attached hydrogen (secondary N) is 1. The van der Waals surface area contributed by atoms with E-state index in [1.807, 2.05) is 6.07 Å². The summed E-state index contributed by atoms with van der Waals surface area (Å²) in [7, 11) is 0. The Hall–Kier alpha value is -2.28. The Balaban J connectivity index is 1.59. The summed E-state index contributed by atoms with van der Waals surface area (Å²) in [6.45, 7) is 6.18. The standard InChI is InChI=1S/C19H27N5O2/c1-18(2)14-19(10-13-26-18,16-6-4-3-5-7-16)9-11-20-17(25)8-12-24-15-21-22-23-24/h3-7,15H,8-14H2,1-2H3,(H,20,25). The molecule has 1 aliphatic heterocycles. The van der Waals surface area contributed by atoms with E-state index in [-0.39, 0.29) is 16.9 Å². The zero-order valence-corrected chi connectivity index (χ0v) is 15.5. The van der Waals surface area contributed by atoms with Gasteiger partial charge < -0.3 is 10.1 Å². The van der Waals surface area contributed by atoms with Gasteiger partial charge in [-0.1, -0.05) is 30.3 Å². The van der Waals surface area contributed by atoms with E-state index in [0.717, 1.165) is 25.9 Å². The Kier molecular flexibility index (Phi) is 5.66. The molecule has 0 bridgehead atoms. The van der Waals surface area contributed by atoms with E-state index < -0.39 is 0 Å². The van der Waals surface area contributed by atoms with Gasteiger partial charge >= 0.3 is 0 Å². The molecule has 0 radical (unpaired) electrons. The van der Waals surface area contributed by atoms with E-state index in [2.05, 4.69) is 59.0 Å². The second-order valence-electron chi connectivity index (χ2n) is 7.60. The van der Waals surface area contributed by atoms with Crippen LogP contribution in [0.1, 0.15) is 45.1 Å². The molecule has 0 aliphatic carbocycles. The number of amides is 1. The van der Waals surface area contributed by atoms with Crippen molar-refractivity contribution in [1.29, 1.82) is 0 Å². The topological polar surface area (TPSA) is 81.9 Å². The van der Waals surface area contributed by atoms with Crippen LogP contribution in [0, 0.1) is 0 Å². The molecule has 1 fully saturated rings. The van der Waals surface area contributed by atoms with Crippen LogP contribution in [0.5, 0.6) is 0 Å². The van der Waals surface area contributed by atoms with Crippen LogP contribution in [-0.4, -0.2) is 44.9 Å². The summed E-state index contributed by atoms with van der Waals surface area (Å²) < 4.78 is 7.50. The normalized spacial score (nSPS) is 22.1. The van der Waals surface area contributed by atoms with Crippen LogP contribution in [-0.2, 0) is 21.5 Å². The highest BCUT2D eigenvalue weighted by Gasteiger charge is 2.41. The Bertz CT molecular complexity index is 702. The molecule has 1 amide bonds. The number of hydrogen-bond donors (Lipinski definition) is 1. The summed E-state index contributed by atoms with van der Waals surface area (Å²) in [5.74, 6) is 0.0232. The lowest BCUT2D eigenvalue weighted by atomic mass is 9.67. The van der Waals surface area contributed by atoms with Gasteiger partial charge in [-0.05, 0) is 49.1 Å². The minimum absolute atomic E-state index is 0.0232. The van der Waals surface area contributed by atoms with Gasteiger partial charge in [0.15, 0.2) is 0 Å². The smallest absolute Gasteiger partial charge is 0.221 e. The predicted octanol–water partition coefficient (Wildman–Crippen LogP) is 2.10. The van der Waals surface area contributed by atoms with Gasteiger partial charge in [0.25, 0.3) is 0 Å². The number of tetrazole rings is 1. The number of aromatic nitrogens is 4. The highest BCUT2D eigenvalue weighted by molar-refractivity contribution is 5.75. The summed E-state index contributed by atoms with van der Waals surface area (Å²) >= 11 is 0. The molecule has 1 saturated heterocycles. The van der Waals surface area contributed by atoms with Gasteiger partial charge in [-0.25, -0.2) is 4.68 Å². The fraction of sp³-hybridized carbons (Fsp3) is 0.579. The highest BCUT2D eigenvalue weighted by atomic mass is 16.5. The first-order valence-corrected chi connectivity index (χ1v) is 9.16. The summed E-state index contributed by atoms with van der Waals surface area (Å²) in [5, 5.41) is 14.0. The summed E-state index contributed by atoms with van der Waals surface area (Å²) in [5.41, 5.74) is 1.21. The molecule has 1 aromatic carbocycles. The molecule has 1 aliphatic rings. The second kappa shape index (κ2) is 7.95. The number of nitrogens with zero attached hydrogens (tertiary/aromatic N) is 4. The van der Waals surface area contributed by atoms with Crippen LogP contribution >= 0.6 is 0 Å². The quantitative estimate of drug-likeness (QED) is 0.820. The van der Waals surface area contributed by atoms with Gasteiger partial charge in [0.2, 0.25) is 5.91 Å². The largest absolute Gasteiger partial charge is 0.376 e. The number of aryl methyl sites for hydroxylation is 1. The molecule has 7 heteroatoms. The molecular formula is C19H27N5O2. The second-order valence-corrected chi connectivity index (χ2v) is 7.60. The minimum atomic E-state index is -0.155. The molecule has 0 saturated carbocycles. The molecule has 26 heavy (non-hydrogen) atoms. The third kappa shape index (κ3) is 4.66. The molecular weight excluding hydrogens is 330 g/mol. The zero-order valence-electron chi connectivity index (χ0n) is 15.5. The Labute approximate surface area is 154 Å². The lowest BCUT2D eigenvalue weighted by molar-refractivity contribution is -0.121.